The van der Waals surface area contributed by atoms with Gasteiger partial charge in [-0.05, 0) is 13.0 Å². The minimum absolute atomic E-state index is 0.143. The minimum Gasteiger partial charge on any atom is -0.313 e. The van der Waals surface area contributed by atoms with Gasteiger partial charge < -0.3 is 9.88 Å². The zero-order valence-corrected chi connectivity index (χ0v) is 7.08. The van der Waals surface area contributed by atoms with Crippen molar-refractivity contribution in [3.63, 3.8) is 0 Å². The number of hydrogen-bond donors (Lipinski definition) is 1. The second-order valence-electron chi connectivity index (χ2n) is 3.22. The van der Waals surface area contributed by atoms with Crippen molar-refractivity contribution in [1.82, 2.24) is 9.88 Å². The number of rotatable bonds is 1. The van der Waals surface area contributed by atoms with Crippen LogP contribution in [0.3, 0.4) is 0 Å². The van der Waals surface area contributed by atoms with E-state index in [1.807, 2.05) is 29.8 Å². The van der Waals surface area contributed by atoms with Crippen LogP contribution in [0.15, 0.2) is 23.1 Å². The van der Waals surface area contributed by atoms with E-state index >= 15 is 0 Å². The van der Waals surface area contributed by atoms with Gasteiger partial charge in [0.1, 0.15) is 0 Å². The third kappa shape index (κ3) is 1.06. The fourth-order valence-corrected chi connectivity index (χ4v) is 1.38. The number of aromatic nitrogens is 1. The fraction of sp³-hybridized carbons (Fsp3) is 0.444. The molecule has 0 saturated carbocycles. The summed E-state index contributed by atoms with van der Waals surface area (Å²) >= 11 is 0. The molecule has 2 heterocycles. The van der Waals surface area contributed by atoms with Crippen molar-refractivity contribution >= 4 is 0 Å². The molecular formula is C9H12N2O. The number of aryl methyl sites for hydroxylation is 1. The highest BCUT2D eigenvalue weighted by Gasteiger charge is 2.19. The van der Waals surface area contributed by atoms with Gasteiger partial charge in [0.2, 0.25) is 0 Å². The highest BCUT2D eigenvalue weighted by atomic mass is 16.1. The summed E-state index contributed by atoms with van der Waals surface area (Å²) in [6, 6.07) is 4.15. The Kier molecular flexibility index (Phi) is 1.73. The second-order valence-corrected chi connectivity index (χ2v) is 3.22. The summed E-state index contributed by atoms with van der Waals surface area (Å²) < 4.78 is 1.81. The number of nitrogens with zero attached hydrogens (tertiary/aromatic N) is 1. The first-order chi connectivity index (χ1) is 5.79. The molecule has 1 saturated heterocycles. The molecule has 1 aliphatic heterocycles. The van der Waals surface area contributed by atoms with Gasteiger partial charge in [-0.2, -0.15) is 0 Å². The van der Waals surface area contributed by atoms with Crippen LogP contribution in [0.1, 0.15) is 11.6 Å². The van der Waals surface area contributed by atoms with Crippen molar-refractivity contribution in [2.45, 2.75) is 13.0 Å². The predicted octanol–water partition coefficient (Wildman–Crippen LogP) is 0.301. The van der Waals surface area contributed by atoms with Crippen molar-refractivity contribution in [2.24, 2.45) is 0 Å². The average molecular weight is 164 g/mol. The van der Waals surface area contributed by atoms with E-state index in [1.165, 1.54) is 0 Å². The molecule has 0 unspecified atom stereocenters. The topological polar surface area (TPSA) is 34.0 Å². The van der Waals surface area contributed by atoms with Crippen LogP contribution in [0.2, 0.25) is 0 Å². The Bertz CT molecular complexity index is 339. The molecule has 0 atom stereocenters. The van der Waals surface area contributed by atoms with Crippen LogP contribution in [0.4, 0.5) is 0 Å². The predicted molar refractivity (Wildman–Crippen MR) is 47.3 cm³/mol. The molecule has 1 N–H and O–H groups in total. The largest absolute Gasteiger partial charge is 0.313 e. The first-order valence-corrected chi connectivity index (χ1v) is 4.17. The van der Waals surface area contributed by atoms with E-state index in [0.29, 0.717) is 6.04 Å². The van der Waals surface area contributed by atoms with Crippen molar-refractivity contribution < 1.29 is 0 Å². The molecule has 1 aliphatic rings. The first-order valence-electron chi connectivity index (χ1n) is 4.17. The van der Waals surface area contributed by atoms with E-state index in [1.54, 1.807) is 0 Å². The molecule has 0 aliphatic carbocycles. The van der Waals surface area contributed by atoms with Crippen molar-refractivity contribution in [2.75, 3.05) is 13.1 Å². The van der Waals surface area contributed by atoms with Crippen LogP contribution in [0, 0.1) is 6.92 Å². The van der Waals surface area contributed by atoms with Crippen LogP contribution in [-0.2, 0) is 0 Å². The Morgan fingerprint density at radius 1 is 1.58 bits per heavy atom. The lowest BCUT2D eigenvalue weighted by Crippen LogP contribution is -2.47. The minimum atomic E-state index is 0.143. The van der Waals surface area contributed by atoms with Crippen LogP contribution in [0.25, 0.3) is 0 Å². The summed E-state index contributed by atoms with van der Waals surface area (Å²) in [5, 5.41) is 3.15. The molecule has 64 valence electrons. The van der Waals surface area contributed by atoms with E-state index in [0.717, 1.165) is 18.7 Å². The van der Waals surface area contributed by atoms with Crippen LogP contribution in [-0.4, -0.2) is 17.7 Å². The van der Waals surface area contributed by atoms with Gasteiger partial charge in [-0.3, -0.25) is 4.79 Å². The van der Waals surface area contributed by atoms with Crippen LogP contribution >= 0.6 is 0 Å². The zero-order valence-electron chi connectivity index (χ0n) is 7.08. The van der Waals surface area contributed by atoms with E-state index in [9.17, 15) is 4.79 Å². The molecule has 2 rings (SSSR count). The van der Waals surface area contributed by atoms with Gasteiger partial charge in [-0.1, -0.05) is 6.07 Å². The Morgan fingerprint density at radius 2 is 2.33 bits per heavy atom. The first kappa shape index (κ1) is 7.55. The molecule has 0 amide bonds. The number of nitrogens with one attached hydrogen (secondary N) is 1. The number of hydrogen-bond acceptors (Lipinski definition) is 2. The molecule has 0 aromatic carbocycles. The Balaban J connectivity index is 2.43. The summed E-state index contributed by atoms with van der Waals surface area (Å²) in [6.45, 7) is 3.69. The maximum atomic E-state index is 11.5. The monoisotopic (exact) mass is 164 g/mol. The summed E-state index contributed by atoms with van der Waals surface area (Å²) in [5.74, 6) is 0. The molecule has 1 aromatic heterocycles. The van der Waals surface area contributed by atoms with Crippen LogP contribution in [0.5, 0.6) is 0 Å². The van der Waals surface area contributed by atoms with Crippen molar-refractivity contribution in [1.29, 1.82) is 0 Å². The van der Waals surface area contributed by atoms with E-state index in [-0.39, 0.29) is 5.56 Å². The van der Waals surface area contributed by atoms with E-state index < -0.39 is 0 Å². The summed E-state index contributed by atoms with van der Waals surface area (Å²) in [7, 11) is 0. The smallest absolute Gasteiger partial charge is 0.253 e. The highest BCUT2D eigenvalue weighted by molar-refractivity contribution is 5.09. The van der Waals surface area contributed by atoms with Gasteiger partial charge in [-0.15, -0.1) is 0 Å². The van der Waals surface area contributed by atoms with Crippen molar-refractivity contribution in [3.8, 4) is 0 Å². The van der Waals surface area contributed by atoms with Crippen molar-refractivity contribution in [3.05, 3.63) is 34.2 Å². The summed E-state index contributed by atoms with van der Waals surface area (Å²) in [4.78, 5) is 11.5. The fourth-order valence-electron chi connectivity index (χ4n) is 1.38. The second kappa shape index (κ2) is 2.75. The maximum absolute atomic E-state index is 11.5. The zero-order chi connectivity index (χ0) is 8.55. The lowest BCUT2D eigenvalue weighted by Gasteiger charge is -2.29. The summed E-state index contributed by atoms with van der Waals surface area (Å²) in [5.41, 5.74) is 0.966. The Morgan fingerprint density at radius 3 is 2.92 bits per heavy atom. The lowest BCUT2D eigenvalue weighted by molar-refractivity contribution is 0.335. The third-order valence-corrected chi connectivity index (χ3v) is 2.32. The molecule has 12 heavy (non-hydrogen) atoms. The molecule has 1 fully saturated rings. The standard InChI is InChI=1S/C9H12N2O/c1-7-3-2-4-11(9(7)12)8-5-10-6-8/h2-4,8,10H,5-6H2,1H3. The van der Waals surface area contributed by atoms with Gasteiger partial charge in [-0.25, -0.2) is 0 Å². The molecule has 3 heteroatoms. The van der Waals surface area contributed by atoms with Gasteiger partial charge >= 0.3 is 0 Å². The van der Waals surface area contributed by atoms with Gasteiger partial charge in [0.05, 0.1) is 6.04 Å². The molecular weight excluding hydrogens is 152 g/mol. The van der Waals surface area contributed by atoms with Gasteiger partial charge in [0.15, 0.2) is 0 Å². The lowest BCUT2D eigenvalue weighted by atomic mass is 10.1. The molecule has 0 spiro atoms. The maximum Gasteiger partial charge on any atom is 0.253 e. The number of pyridine rings is 1. The highest BCUT2D eigenvalue weighted by Crippen LogP contribution is 2.07. The summed E-state index contributed by atoms with van der Waals surface area (Å²) in [6.07, 6.45) is 1.86. The molecule has 1 aromatic rings. The van der Waals surface area contributed by atoms with Gasteiger partial charge in [0, 0.05) is 24.8 Å². The van der Waals surface area contributed by atoms with Crippen LogP contribution < -0.4 is 10.9 Å². The third-order valence-electron chi connectivity index (χ3n) is 2.32. The Hall–Kier alpha value is -1.09. The quantitative estimate of drug-likeness (QED) is 0.647. The molecule has 3 nitrogen and oxygen atoms in total. The average Bonchev–Trinajstić information content (AvgIpc) is 1.95. The van der Waals surface area contributed by atoms with Gasteiger partial charge in [0.25, 0.3) is 5.56 Å². The normalized spacial score (nSPS) is 17.4. The molecule has 0 radical (unpaired) electrons. The Labute approximate surface area is 71.0 Å². The SMILES string of the molecule is Cc1cccn(C2CNC2)c1=O. The molecule has 0 bridgehead atoms. The van der Waals surface area contributed by atoms with E-state index in [2.05, 4.69) is 5.32 Å². The van der Waals surface area contributed by atoms with E-state index in [4.69, 9.17) is 0 Å².